The summed E-state index contributed by atoms with van der Waals surface area (Å²) in [6, 6.07) is 0.327. The Balaban J connectivity index is 1.83. The molecule has 3 N–H and O–H groups in total. The van der Waals surface area contributed by atoms with Gasteiger partial charge >= 0.3 is 0 Å². The molecule has 5 heteroatoms. The number of likely N-dealkylation sites (tertiary alicyclic amines) is 1. The molecule has 0 aromatic carbocycles. The SMILES string of the molecule is CC(C)C1CCCN1C(=O)c1n[nH]c(C2CC2)c1N. The Hall–Kier alpha value is -1.52. The zero-order valence-corrected chi connectivity index (χ0v) is 11.6. The Morgan fingerprint density at radius 1 is 1.42 bits per heavy atom. The predicted octanol–water partition coefficient (Wildman–Crippen LogP) is 2.13. The van der Waals surface area contributed by atoms with E-state index in [2.05, 4.69) is 24.0 Å². The van der Waals surface area contributed by atoms with E-state index in [1.807, 2.05) is 4.90 Å². The third kappa shape index (κ3) is 2.11. The van der Waals surface area contributed by atoms with Gasteiger partial charge in [-0.2, -0.15) is 5.10 Å². The van der Waals surface area contributed by atoms with E-state index in [9.17, 15) is 4.79 Å². The number of carbonyl (C=O) groups is 1. The monoisotopic (exact) mass is 262 g/mol. The molecule has 2 fully saturated rings. The van der Waals surface area contributed by atoms with Crippen LogP contribution in [-0.4, -0.2) is 33.6 Å². The molecule has 1 aliphatic carbocycles. The van der Waals surface area contributed by atoms with Crippen LogP contribution in [0.25, 0.3) is 0 Å². The van der Waals surface area contributed by atoms with Crippen molar-refractivity contribution in [1.29, 1.82) is 0 Å². The van der Waals surface area contributed by atoms with Crippen LogP contribution in [0.5, 0.6) is 0 Å². The van der Waals surface area contributed by atoms with E-state index in [0.29, 0.717) is 29.3 Å². The molecule has 0 spiro atoms. The van der Waals surface area contributed by atoms with E-state index in [-0.39, 0.29) is 5.91 Å². The number of aromatic nitrogens is 2. The quantitative estimate of drug-likeness (QED) is 0.876. The smallest absolute Gasteiger partial charge is 0.276 e. The average Bonchev–Trinajstić information content (AvgIpc) is 2.96. The molecule has 2 aliphatic rings. The lowest BCUT2D eigenvalue weighted by atomic mass is 10.0. The van der Waals surface area contributed by atoms with Gasteiger partial charge in [0.25, 0.3) is 5.91 Å². The summed E-state index contributed by atoms with van der Waals surface area (Å²) in [5.41, 5.74) is 8.05. The predicted molar refractivity (Wildman–Crippen MR) is 73.9 cm³/mol. The van der Waals surface area contributed by atoms with Gasteiger partial charge in [0, 0.05) is 18.5 Å². The van der Waals surface area contributed by atoms with Gasteiger partial charge in [-0.05, 0) is 31.6 Å². The molecular weight excluding hydrogens is 240 g/mol. The molecule has 5 nitrogen and oxygen atoms in total. The first-order valence-corrected chi connectivity index (χ1v) is 7.24. The van der Waals surface area contributed by atoms with E-state index in [0.717, 1.165) is 37.9 Å². The number of hydrogen-bond acceptors (Lipinski definition) is 3. The molecule has 1 aliphatic heterocycles. The van der Waals surface area contributed by atoms with Crippen molar-refractivity contribution < 1.29 is 4.79 Å². The molecular formula is C14H22N4O. The highest BCUT2D eigenvalue weighted by atomic mass is 16.2. The first-order valence-electron chi connectivity index (χ1n) is 7.24. The molecule has 2 heterocycles. The van der Waals surface area contributed by atoms with E-state index in [1.165, 1.54) is 0 Å². The van der Waals surface area contributed by atoms with Crippen LogP contribution in [0, 0.1) is 5.92 Å². The van der Waals surface area contributed by atoms with Crippen LogP contribution in [0.2, 0.25) is 0 Å². The van der Waals surface area contributed by atoms with E-state index in [4.69, 9.17) is 5.73 Å². The fourth-order valence-corrected chi connectivity index (χ4v) is 3.08. The minimum absolute atomic E-state index is 0.00292. The topological polar surface area (TPSA) is 75.0 Å². The zero-order valence-electron chi connectivity index (χ0n) is 11.6. The summed E-state index contributed by atoms with van der Waals surface area (Å²) in [5, 5.41) is 7.14. The Kier molecular flexibility index (Phi) is 2.99. The maximum Gasteiger partial charge on any atom is 0.276 e. The number of nitrogens with two attached hydrogens (primary N) is 1. The van der Waals surface area contributed by atoms with Gasteiger partial charge in [-0.1, -0.05) is 13.8 Å². The highest BCUT2D eigenvalue weighted by Gasteiger charge is 2.35. The maximum absolute atomic E-state index is 12.6. The van der Waals surface area contributed by atoms with Crippen LogP contribution in [-0.2, 0) is 0 Å². The second kappa shape index (κ2) is 4.54. The van der Waals surface area contributed by atoms with Crippen LogP contribution >= 0.6 is 0 Å². The Morgan fingerprint density at radius 3 is 2.79 bits per heavy atom. The summed E-state index contributed by atoms with van der Waals surface area (Å²) in [5.74, 6) is 0.972. The van der Waals surface area contributed by atoms with Crippen LogP contribution in [0.1, 0.15) is 61.6 Å². The lowest BCUT2D eigenvalue weighted by Crippen LogP contribution is -2.39. The maximum atomic E-state index is 12.6. The highest BCUT2D eigenvalue weighted by Crippen LogP contribution is 2.42. The number of carbonyl (C=O) groups excluding carboxylic acids is 1. The second-order valence-electron chi connectivity index (χ2n) is 6.13. The van der Waals surface area contributed by atoms with Crippen molar-refractivity contribution in [2.24, 2.45) is 5.92 Å². The molecule has 1 aromatic rings. The number of rotatable bonds is 3. The Bertz CT molecular complexity index is 490. The number of hydrogen-bond donors (Lipinski definition) is 2. The molecule has 1 saturated carbocycles. The summed E-state index contributed by atoms with van der Waals surface area (Å²) in [7, 11) is 0. The lowest BCUT2D eigenvalue weighted by molar-refractivity contribution is 0.0696. The molecule has 1 unspecified atom stereocenters. The van der Waals surface area contributed by atoms with Crippen molar-refractivity contribution in [3.8, 4) is 0 Å². The Morgan fingerprint density at radius 2 is 2.16 bits per heavy atom. The number of aromatic amines is 1. The summed E-state index contributed by atoms with van der Waals surface area (Å²) in [6.07, 6.45) is 4.47. The second-order valence-corrected chi connectivity index (χ2v) is 6.13. The number of H-pyrrole nitrogens is 1. The number of nitrogens with zero attached hydrogens (tertiary/aromatic N) is 2. The number of nitrogen functional groups attached to an aromatic ring is 1. The Labute approximate surface area is 113 Å². The largest absolute Gasteiger partial charge is 0.395 e. The van der Waals surface area contributed by atoms with Gasteiger partial charge < -0.3 is 10.6 Å². The third-order valence-electron chi connectivity index (χ3n) is 4.35. The van der Waals surface area contributed by atoms with Crippen LogP contribution in [0.3, 0.4) is 0 Å². The molecule has 1 saturated heterocycles. The molecule has 0 bridgehead atoms. The molecule has 0 radical (unpaired) electrons. The van der Waals surface area contributed by atoms with Crippen molar-refractivity contribution in [2.45, 2.75) is 51.5 Å². The van der Waals surface area contributed by atoms with Crippen LogP contribution in [0.4, 0.5) is 5.69 Å². The first kappa shape index (κ1) is 12.5. The van der Waals surface area contributed by atoms with E-state index >= 15 is 0 Å². The fourth-order valence-electron chi connectivity index (χ4n) is 3.08. The third-order valence-corrected chi connectivity index (χ3v) is 4.35. The van der Waals surface area contributed by atoms with Crippen LogP contribution in [0.15, 0.2) is 0 Å². The van der Waals surface area contributed by atoms with Crippen molar-refractivity contribution in [2.75, 3.05) is 12.3 Å². The van der Waals surface area contributed by atoms with Gasteiger partial charge in [-0.3, -0.25) is 9.89 Å². The van der Waals surface area contributed by atoms with Gasteiger partial charge in [-0.25, -0.2) is 0 Å². The standard InChI is InChI=1S/C14H22N4O/c1-8(2)10-4-3-7-18(10)14(19)13-11(15)12(16-17-13)9-5-6-9/h8-10H,3-7,15H2,1-2H3,(H,16,17). The summed E-state index contributed by atoms with van der Waals surface area (Å²) in [6.45, 7) is 5.16. The molecule has 1 atom stereocenters. The van der Waals surface area contributed by atoms with E-state index < -0.39 is 0 Å². The number of anilines is 1. The molecule has 1 aromatic heterocycles. The molecule has 104 valence electrons. The normalized spacial score (nSPS) is 23.3. The average molecular weight is 262 g/mol. The van der Waals surface area contributed by atoms with Crippen molar-refractivity contribution >= 4 is 11.6 Å². The zero-order chi connectivity index (χ0) is 13.6. The highest BCUT2D eigenvalue weighted by molar-refractivity contribution is 5.98. The minimum Gasteiger partial charge on any atom is -0.395 e. The minimum atomic E-state index is -0.00292. The van der Waals surface area contributed by atoms with Gasteiger partial charge in [0.15, 0.2) is 5.69 Å². The fraction of sp³-hybridized carbons (Fsp3) is 0.714. The molecule has 1 amide bonds. The number of nitrogens with one attached hydrogen (secondary N) is 1. The van der Waals surface area contributed by atoms with Crippen LogP contribution < -0.4 is 5.73 Å². The molecule has 3 rings (SSSR count). The van der Waals surface area contributed by atoms with Crippen molar-refractivity contribution in [3.63, 3.8) is 0 Å². The first-order chi connectivity index (χ1) is 9.09. The van der Waals surface area contributed by atoms with Gasteiger partial charge in [-0.15, -0.1) is 0 Å². The van der Waals surface area contributed by atoms with Gasteiger partial charge in [0.05, 0.1) is 11.4 Å². The lowest BCUT2D eigenvalue weighted by Gasteiger charge is -2.27. The summed E-state index contributed by atoms with van der Waals surface area (Å²) < 4.78 is 0. The van der Waals surface area contributed by atoms with Gasteiger partial charge in [0.1, 0.15) is 0 Å². The summed E-state index contributed by atoms with van der Waals surface area (Å²) in [4.78, 5) is 14.6. The summed E-state index contributed by atoms with van der Waals surface area (Å²) >= 11 is 0. The van der Waals surface area contributed by atoms with Gasteiger partial charge in [0.2, 0.25) is 0 Å². The number of amides is 1. The van der Waals surface area contributed by atoms with E-state index in [1.54, 1.807) is 0 Å². The van der Waals surface area contributed by atoms with Crippen molar-refractivity contribution in [3.05, 3.63) is 11.4 Å². The molecule has 19 heavy (non-hydrogen) atoms. The van der Waals surface area contributed by atoms with Crippen molar-refractivity contribution in [1.82, 2.24) is 15.1 Å².